The molecule has 2 rings (SSSR count). The van der Waals surface area contributed by atoms with Crippen molar-refractivity contribution < 1.29 is 36.4 Å². The van der Waals surface area contributed by atoms with Crippen LogP contribution in [0.5, 0.6) is 11.5 Å². The summed E-state index contributed by atoms with van der Waals surface area (Å²) in [6.07, 6.45) is 0. The molecule has 0 aliphatic carbocycles. The van der Waals surface area contributed by atoms with Crippen molar-refractivity contribution in [2.45, 2.75) is 62.0 Å². The fourth-order valence-electron chi connectivity index (χ4n) is 1.86. The van der Waals surface area contributed by atoms with Crippen molar-refractivity contribution in [2.24, 2.45) is 0 Å². The van der Waals surface area contributed by atoms with Gasteiger partial charge < -0.3 is 15.3 Å². The predicted octanol–water partition coefficient (Wildman–Crippen LogP) is 5.56. The van der Waals surface area contributed by atoms with Gasteiger partial charge in [-0.2, -0.15) is 0 Å². The molecule has 0 aliphatic heterocycles. The molecule has 0 bridgehead atoms. The molecule has 142 valence electrons. The van der Waals surface area contributed by atoms with Crippen LogP contribution in [0.4, 0.5) is 0 Å². The van der Waals surface area contributed by atoms with Gasteiger partial charge in [0.25, 0.3) is 0 Å². The Morgan fingerprint density at radius 2 is 0.920 bits per heavy atom. The van der Waals surface area contributed by atoms with E-state index in [1.165, 1.54) is 0 Å². The third kappa shape index (κ3) is 9.09. The molecule has 0 fully saturated rings. The molecule has 2 aromatic carbocycles. The van der Waals surface area contributed by atoms with Gasteiger partial charge in [-0.3, -0.25) is 0 Å². The van der Waals surface area contributed by atoms with E-state index in [4.69, 9.17) is 5.11 Å². The van der Waals surface area contributed by atoms with Crippen LogP contribution >= 0.6 is 0 Å². The van der Waals surface area contributed by atoms with Crippen LogP contribution in [0.1, 0.15) is 55.5 Å². The molecule has 0 radical (unpaired) electrons. The zero-order valence-corrected chi connectivity index (χ0v) is 19.8. The first kappa shape index (κ1) is 28.5. The summed E-state index contributed by atoms with van der Waals surface area (Å²) in [5.74, 6) is 0.589. The van der Waals surface area contributed by atoms with Crippen molar-refractivity contribution >= 4 is 0 Å². The van der Waals surface area contributed by atoms with Crippen molar-refractivity contribution in [3.8, 4) is 11.5 Å². The number of aromatic hydroxyl groups is 2. The smallest absolute Gasteiger partial charge is 0.122 e. The molecule has 0 heterocycles. The van der Waals surface area contributed by atoms with E-state index in [0.29, 0.717) is 11.5 Å². The van der Waals surface area contributed by atoms with Gasteiger partial charge in [-0.05, 0) is 55.5 Å². The largest absolute Gasteiger partial charge is 0.507 e. The topological polar surface area (TPSA) is 60.7 Å². The van der Waals surface area contributed by atoms with E-state index < -0.39 is 0 Å². The second-order valence-electron chi connectivity index (χ2n) is 4.84. The maximum atomic E-state index is 9.58. The Balaban J connectivity index is -0.000000326. The number of benzene rings is 2. The first-order chi connectivity index (χ1) is 11.4. The molecule has 3 nitrogen and oxygen atoms in total. The molecule has 2 aromatic rings. The van der Waals surface area contributed by atoms with Gasteiger partial charge in [0.15, 0.2) is 0 Å². The Labute approximate surface area is 168 Å². The summed E-state index contributed by atoms with van der Waals surface area (Å²) in [6, 6.07) is 9.52. The van der Waals surface area contributed by atoms with Crippen LogP contribution in [-0.2, 0) is 27.7 Å². The second kappa shape index (κ2) is 16.2. The van der Waals surface area contributed by atoms with Crippen molar-refractivity contribution in [1.29, 1.82) is 0 Å². The average Bonchev–Trinajstić information content (AvgIpc) is 2.67. The monoisotopic (exact) mass is 518 g/mol. The number of rotatable bonds is 1. The van der Waals surface area contributed by atoms with Crippen molar-refractivity contribution in [3.05, 3.63) is 58.1 Å². The van der Waals surface area contributed by atoms with Gasteiger partial charge in [0.2, 0.25) is 0 Å². The first-order valence-corrected chi connectivity index (χ1v) is 8.53. The predicted molar refractivity (Wildman–Crippen MR) is 104 cm³/mol. The summed E-state index contributed by atoms with van der Waals surface area (Å²) in [4.78, 5) is 0. The van der Waals surface area contributed by atoms with Crippen LogP contribution in [-0.4, -0.2) is 15.3 Å². The van der Waals surface area contributed by atoms with Gasteiger partial charge >= 0.3 is 0 Å². The summed E-state index contributed by atoms with van der Waals surface area (Å²) >= 11 is 0. The Bertz CT molecular complexity index is 476. The van der Waals surface area contributed by atoms with Crippen LogP contribution in [0.2, 0.25) is 0 Å². The van der Waals surface area contributed by atoms with Gasteiger partial charge in [0, 0.05) is 21.1 Å². The van der Waals surface area contributed by atoms with E-state index in [0.717, 1.165) is 27.8 Å². The van der Waals surface area contributed by atoms with Crippen LogP contribution in [0.15, 0.2) is 30.3 Å². The van der Waals surface area contributed by atoms with Crippen LogP contribution < -0.4 is 0 Å². The molecule has 3 N–H and O–H groups in total. The van der Waals surface area contributed by atoms with Gasteiger partial charge in [-0.15, -0.1) is 0 Å². The Morgan fingerprint density at radius 1 is 0.640 bits per heavy atom. The molecule has 0 amide bonds. The number of hydrogen-bond donors (Lipinski definition) is 3. The van der Waals surface area contributed by atoms with E-state index in [1.54, 1.807) is 27.7 Å². The zero-order chi connectivity index (χ0) is 19.3. The van der Waals surface area contributed by atoms with Crippen molar-refractivity contribution in [2.75, 3.05) is 0 Å². The maximum absolute atomic E-state index is 9.58. The first-order valence-electron chi connectivity index (χ1n) is 8.53. The average molecular weight is 518 g/mol. The summed E-state index contributed by atoms with van der Waals surface area (Å²) in [7, 11) is 0. The fourth-order valence-corrected chi connectivity index (χ4v) is 1.86. The Morgan fingerprint density at radius 3 is 1.12 bits per heavy atom. The van der Waals surface area contributed by atoms with Gasteiger partial charge in [-0.25, -0.2) is 0 Å². The molecule has 0 unspecified atom stereocenters. The number of phenols is 2. The van der Waals surface area contributed by atoms with E-state index in [-0.39, 0.29) is 27.7 Å². The van der Waals surface area contributed by atoms with Crippen LogP contribution in [0.3, 0.4) is 0 Å². The minimum Gasteiger partial charge on any atom is -0.507 e. The second-order valence-corrected chi connectivity index (χ2v) is 4.84. The molecular weight excluding hydrogens is 484 g/mol. The van der Waals surface area contributed by atoms with Gasteiger partial charge in [0.1, 0.15) is 11.5 Å². The minimum atomic E-state index is 0. The fraction of sp³-hybridized carbons (Fsp3) is 0.429. The minimum absolute atomic E-state index is 0. The quantitative estimate of drug-likeness (QED) is 0.434. The van der Waals surface area contributed by atoms with Crippen LogP contribution in [0.25, 0.3) is 0 Å². The standard InChI is InChI=1S/C10H14O2.C7H8O.2C2H6.W/c1-5-6(2)10(12)8(4)7(3)9(5)11;8-6-7-4-2-1-3-5-7;2*1-2;/h11-12H,1-4H3;1-5,8H,6H2;2*1-2H3;. The van der Waals surface area contributed by atoms with Crippen molar-refractivity contribution in [3.63, 3.8) is 0 Å². The van der Waals surface area contributed by atoms with E-state index in [2.05, 4.69) is 0 Å². The van der Waals surface area contributed by atoms with Gasteiger partial charge in [-0.1, -0.05) is 58.0 Å². The molecule has 0 aromatic heterocycles. The molecule has 4 heteroatoms. The maximum Gasteiger partial charge on any atom is 0.122 e. The molecule has 0 saturated carbocycles. The summed E-state index contributed by atoms with van der Waals surface area (Å²) in [5.41, 5.74) is 4.00. The molecule has 0 saturated heterocycles. The Kier molecular flexibility index (Phi) is 18.4. The summed E-state index contributed by atoms with van der Waals surface area (Å²) in [5, 5.41) is 27.7. The normalized spacial score (nSPS) is 8.36. The van der Waals surface area contributed by atoms with Crippen molar-refractivity contribution in [1.82, 2.24) is 0 Å². The summed E-state index contributed by atoms with van der Waals surface area (Å²) < 4.78 is 0. The molecule has 25 heavy (non-hydrogen) atoms. The van der Waals surface area contributed by atoms with E-state index in [9.17, 15) is 10.2 Å². The Hall–Kier alpha value is -1.31. The number of aliphatic hydroxyl groups is 1. The third-order valence-corrected chi connectivity index (χ3v) is 3.57. The zero-order valence-electron chi connectivity index (χ0n) is 16.8. The number of aliphatic hydroxyl groups excluding tert-OH is 1. The SMILES string of the molecule is CC.CC.Cc1c(C)c(O)c(C)c(C)c1O.OCc1ccccc1.[W]. The molecule has 0 spiro atoms. The number of hydrogen-bond acceptors (Lipinski definition) is 3. The van der Waals surface area contributed by atoms with E-state index in [1.807, 2.05) is 58.0 Å². The number of phenolic OH excluding ortho intramolecular Hbond substituents is 2. The molecule has 0 atom stereocenters. The summed E-state index contributed by atoms with van der Waals surface area (Å²) in [6.45, 7) is 15.3. The van der Waals surface area contributed by atoms with Crippen LogP contribution in [0, 0.1) is 27.7 Å². The van der Waals surface area contributed by atoms with E-state index >= 15 is 0 Å². The molecular formula is C21H34O3W. The molecule has 0 aliphatic rings. The third-order valence-electron chi connectivity index (χ3n) is 3.57. The van der Waals surface area contributed by atoms with Gasteiger partial charge in [0.05, 0.1) is 6.61 Å².